The zero-order chi connectivity index (χ0) is 17.7. The van der Waals surface area contributed by atoms with Gasteiger partial charge in [0.25, 0.3) is 0 Å². The standard InChI is InChI=1S/C17H18O7/c1-20-12-6-5-7-13(21-2)16(12)24-15-11(18)8-10(17(19)23-4)9-14(15)22-3/h5-9,18H,1-4H3. The zero-order valence-corrected chi connectivity index (χ0v) is 13.8. The highest BCUT2D eigenvalue weighted by atomic mass is 16.6. The van der Waals surface area contributed by atoms with Crippen LogP contribution in [-0.2, 0) is 4.74 Å². The lowest BCUT2D eigenvalue weighted by molar-refractivity contribution is 0.0599. The van der Waals surface area contributed by atoms with E-state index in [1.165, 1.54) is 40.6 Å². The lowest BCUT2D eigenvalue weighted by atomic mass is 10.2. The summed E-state index contributed by atoms with van der Waals surface area (Å²) in [6.45, 7) is 0. The summed E-state index contributed by atoms with van der Waals surface area (Å²) in [7, 11) is 5.61. The lowest BCUT2D eigenvalue weighted by Crippen LogP contribution is -2.03. The molecule has 0 saturated heterocycles. The number of carbonyl (C=O) groups is 1. The molecule has 0 spiro atoms. The Morgan fingerprint density at radius 2 is 1.46 bits per heavy atom. The monoisotopic (exact) mass is 334 g/mol. The van der Waals surface area contributed by atoms with E-state index in [0.29, 0.717) is 11.5 Å². The number of rotatable bonds is 6. The topological polar surface area (TPSA) is 83.5 Å². The normalized spacial score (nSPS) is 10.0. The summed E-state index contributed by atoms with van der Waals surface area (Å²) in [4.78, 5) is 11.6. The molecule has 0 bridgehead atoms. The van der Waals surface area contributed by atoms with Crippen LogP contribution in [0.1, 0.15) is 10.4 Å². The van der Waals surface area contributed by atoms with Gasteiger partial charge in [0.05, 0.1) is 34.0 Å². The summed E-state index contributed by atoms with van der Waals surface area (Å²) in [6, 6.07) is 7.74. The molecular weight excluding hydrogens is 316 g/mol. The predicted molar refractivity (Wildman–Crippen MR) is 85.6 cm³/mol. The highest BCUT2D eigenvalue weighted by Gasteiger charge is 2.21. The Morgan fingerprint density at radius 3 is 1.96 bits per heavy atom. The average molecular weight is 334 g/mol. The molecule has 0 aliphatic rings. The van der Waals surface area contributed by atoms with Crippen LogP contribution in [0.5, 0.6) is 34.5 Å². The van der Waals surface area contributed by atoms with Crippen LogP contribution < -0.4 is 18.9 Å². The molecule has 0 fully saturated rings. The molecule has 7 heteroatoms. The number of esters is 1. The van der Waals surface area contributed by atoms with Gasteiger partial charge < -0.3 is 28.8 Å². The second-order valence-corrected chi connectivity index (χ2v) is 4.61. The van der Waals surface area contributed by atoms with E-state index in [1.807, 2.05) is 0 Å². The van der Waals surface area contributed by atoms with Gasteiger partial charge in [0, 0.05) is 0 Å². The Morgan fingerprint density at radius 1 is 0.875 bits per heavy atom. The van der Waals surface area contributed by atoms with Crippen molar-refractivity contribution in [3.63, 3.8) is 0 Å². The molecule has 0 aliphatic heterocycles. The van der Waals surface area contributed by atoms with Crippen molar-refractivity contribution >= 4 is 5.97 Å². The first-order chi connectivity index (χ1) is 11.5. The highest BCUT2D eigenvalue weighted by Crippen LogP contribution is 2.46. The number of aromatic hydroxyl groups is 1. The highest BCUT2D eigenvalue weighted by molar-refractivity contribution is 5.91. The molecule has 2 aromatic carbocycles. The van der Waals surface area contributed by atoms with Crippen molar-refractivity contribution in [2.75, 3.05) is 28.4 Å². The third-order valence-electron chi connectivity index (χ3n) is 3.26. The van der Waals surface area contributed by atoms with Gasteiger partial charge in [0.1, 0.15) is 0 Å². The van der Waals surface area contributed by atoms with E-state index < -0.39 is 5.97 Å². The predicted octanol–water partition coefficient (Wildman–Crippen LogP) is 3.00. The minimum Gasteiger partial charge on any atom is -0.504 e. The molecule has 0 heterocycles. The van der Waals surface area contributed by atoms with Crippen molar-refractivity contribution in [2.24, 2.45) is 0 Å². The summed E-state index contributed by atoms with van der Waals surface area (Å²) in [5.41, 5.74) is 0.131. The van der Waals surface area contributed by atoms with Crippen LogP contribution in [-0.4, -0.2) is 39.5 Å². The maximum atomic E-state index is 11.6. The Balaban J connectivity index is 2.53. The number of phenolic OH excluding ortho intramolecular Hbond substituents is 1. The quantitative estimate of drug-likeness (QED) is 0.813. The minimum absolute atomic E-state index is 0.0213. The summed E-state index contributed by atoms with van der Waals surface area (Å²) in [5.74, 6) is 0.367. The first kappa shape index (κ1) is 17.3. The van der Waals surface area contributed by atoms with Crippen molar-refractivity contribution in [1.82, 2.24) is 0 Å². The van der Waals surface area contributed by atoms with E-state index in [-0.39, 0.29) is 28.6 Å². The van der Waals surface area contributed by atoms with Crippen LogP contribution in [0.2, 0.25) is 0 Å². The van der Waals surface area contributed by atoms with Crippen molar-refractivity contribution in [2.45, 2.75) is 0 Å². The van der Waals surface area contributed by atoms with Crippen LogP contribution in [0.15, 0.2) is 30.3 Å². The van der Waals surface area contributed by atoms with Crippen molar-refractivity contribution in [3.05, 3.63) is 35.9 Å². The Labute approximate surface area is 139 Å². The molecule has 0 unspecified atom stereocenters. The van der Waals surface area contributed by atoms with Crippen LogP contribution in [0.25, 0.3) is 0 Å². The van der Waals surface area contributed by atoms with E-state index in [1.54, 1.807) is 18.2 Å². The Bertz CT molecular complexity index is 718. The van der Waals surface area contributed by atoms with Gasteiger partial charge in [0.2, 0.25) is 11.5 Å². The molecule has 1 N–H and O–H groups in total. The van der Waals surface area contributed by atoms with Crippen molar-refractivity contribution in [3.8, 4) is 34.5 Å². The number of para-hydroxylation sites is 1. The number of hydrogen-bond acceptors (Lipinski definition) is 7. The van der Waals surface area contributed by atoms with E-state index in [0.717, 1.165) is 0 Å². The van der Waals surface area contributed by atoms with E-state index in [9.17, 15) is 9.90 Å². The van der Waals surface area contributed by atoms with Crippen molar-refractivity contribution in [1.29, 1.82) is 0 Å². The fraction of sp³-hybridized carbons (Fsp3) is 0.235. The Hall–Kier alpha value is -3.09. The third-order valence-corrected chi connectivity index (χ3v) is 3.26. The maximum Gasteiger partial charge on any atom is 0.338 e. The smallest absolute Gasteiger partial charge is 0.338 e. The molecule has 2 aromatic rings. The zero-order valence-electron chi connectivity index (χ0n) is 13.8. The van der Waals surface area contributed by atoms with Gasteiger partial charge in [-0.25, -0.2) is 4.79 Å². The van der Waals surface area contributed by atoms with Crippen LogP contribution in [0, 0.1) is 0 Å². The molecule has 0 radical (unpaired) electrons. The van der Waals surface area contributed by atoms with Gasteiger partial charge in [-0.05, 0) is 24.3 Å². The molecule has 0 aliphatic carbocycles. The first-order valence-electron chi connectivity index (χ1n) is 6.93. The fourth-order valence-electron chi connectivity index (χ4n) is 2.10. The number of benzene rings is 2. The summed E-state index contributed by atoms with van der Waals surface area (Å²) in [6.07, 6.45) is 0. The van der Waals surface area contributed by atoms with Crippen LogP contribution in [0.3, 0.4) is 0 Å². The molecule has 128 valence electrons. The molecule has 0 atom stereocenters. The second kappa shape index (κ2) is 7.45. The molecule has 0 amide bonds. The maximum absolute atomic E-state index is 11.6. The summed E-state index contributed by atoms with van der Waals surface area (Å²) < 4.78 is 26.1. The molecule has 7 nitrogen and oxygen atoms in total. The van der Waals surface area contributed by atoms with Crippen LogP contribution in [0.4, 0.5) is 0 Å². The number of phenols is 1. The number of methoxy groups -OCH3 is 4. The van der Waals surface area contributed by atoms with Gasteiger partial charge >= 0.3 is 5.97 Å². The van der Waals surface area contributed by atoms with Gasteiger partial charge in [-0.1, -0.05) is 6.07 Å². The molecule has 24 heavy (non-hydrogen) atoms. The average Bonchev–Trinajstić information content (AvgIpc) is 2.62. The molecule has 2 rings (SSSR count). The number of ether oxygens (including phenoxy) is 5. The van der Waals surface area contributed by atoms with Gasteiger partial charge in [0.15, 0.2) is 23.0 Å². The molecule has 0 saturated carbocycles. The van der Waals surface area contributed by atoms with E-state index in [2.05, 4.69) is 4.74 Å². The van der Waals surface area contributed by atoms with Gasteiger partial charge in [-0.3, -0.25) is 0 Å². The first-order valence-corrected chi connectivity index (χ1v) is 6.93. The largest absolute Gasteiger partial charge is 0.504 e. The lowest BCUT2D eigenvalue weighted by Gasteiger charge is -2.17. The minimum atomic E-state index is -0.606. The van der Waals surface area contributed by atoms with E-state index >= 15 is 0 Å². The van der Waals surface area contributed by atoms with Crippen LogP contribution >= 0.6 is 0 Å². The SMILES string of the molecule is COC(=O)c1cc(O)c(Oc2c(OC)cccc2OC)c(OC)c1. The van der Waals surface area contributed by atoms with Gasteiger partial charge in [-0.2, -0.15) is 0 Å². The fourth-order valence-corrected chi connectivity index (χ4v) is 2.10. The van der Waals surface area contributed by atoms with Crippen molar-refractivity contribution < 1.29 is 33.6 Å². The van der Waals surface area contributed by atoms with Gasteiger partial charge in [-0.15, -0.1) is 0 Å². The summed E-state index contributed by atoms with van der Waals surface area (Å²) >= 11 is 0. The summed E-state index contributed by atoms with van der Waals surface area (Å²) in [5, 5.41) is 10.2. The number of carbonyl (C=O) groups excluding carboxylic acids is 1. The Kier molecular flexibility index (Phi) is 5.36. The molecular formula is C17H18O7. The second-order valence-electron chi connectivity index (χ2n) is 4.61. The van der Waals surface area contributed by atoms with E-state index in [4.69, 9.17) is 18.9 Å². The number of hydrogen-bond donors (Lipinski definition) is 1. The third kappa shape index (κ3) is 3.29. The molecule has 0 aromatic heterocycles.